The standard InChI is InChI=1S/C22H33NO3/c1-14-10-19(25-13-15(2)23-12-16(3)24)21-17-8-6-7-9-18(17)22(4,5)26-20(21)11-14/h10-11,15-16,23-24H,6-9,12-13H2,1-5H3. The minimum absolute atomic E-state index is 0.168. The quantitative estimate of drug-likeness (QED) is 0.798. The second-order valence-corrected chi connectivity index (χ2v) is 8.38. The number of aliphatic hydroxyl groups is 1. The Labute approximate surface area is 157 Å². The highest BCUT2D eigenvalue weighted by atomic mass is 16.5. The zero-order chi connectivity index (χ0) is 18.9. The molecule has 1 aromatic carbocycles. The van der Waals surface area contributed by atoms with Crippen LogP contribution < -0.4 is 14.8 Å². The van der Waals surface area contributed by atoms with Crippen molar-refractivity contribution in [3.8, 4) is 11.5 Å². The second kappa shape index (κ2) is 7.61. The van der Waals surface area contributed by atoms with Crippen LogP contribution in [-0.4, -0.2) is 36.0 Å². The maximum Gasteiger partial charge on any atom is 0.132 e. The van der Waals surface area contributed by atoms with Crippen LogP contribution in [0.3, 0.4) is 0 Å². The summed E-state index contributed by atoms with van der Waals surface area (Å²) in [5.41, 5.74) is 4.94. The lowest BCUT2D eigenvalue weighted by molar-refractivity contribution is 0.136. The van der Waals surface area contributed by atoms with Crippen LogP contribution in [-0.2, 0) is 0 Å². The topological polar surface area (TPSA) is 50.7 Å². The summed E-state index contributed by atoms with van der Waals surface area (Å²) in [4.78, 5) is 0. The molecule has 2 atom stereocenters. The maximum atomic E-state index is 9.43. The number of fused-ring (bicyclic) bond motifs is 2. The molecule has 2 N–H and O–H groups in total. The minimum Gasteiger partial charge on any atom is -0.491 e. The highest BCUT2D eigenvalue weighted by Crippen LogP contribution is 2.50. The van der Waals surface area contributed by atoms with Gasteiger partial charge in [-0.1, -0.05) is 0 Å². The van der Waals surface area contributed by atoms with Gasteiger partial charge >= 0.3 is 0 Å². The Balaban J connectivity index is 1.88. The molecule has 1 aliphatic heterocycles. The monoisotopic (exact) mass is 359 g/mol. The molecule has 26 heavy (non-hydrogen) atoms. The Morgan fingerprint density at radius 3 is 2.69 bits per heavy atom. The Hall–Kier alpha value is -1.52. The van der Waals surface area contributed by atoms with Crippen molar-refractivity contribution in [2.75, 3.05) is 13.2 Å². The van der Waals surface area contributed by atoms with Crippen molar-refractivity contribution in [2.24, 2.45) is 0 Å². The normalized spacial score (nSPS) is 20.7. The van der Waals surface area contributed by atoms with E-state index in [4.69, 9.17) is 9.47 Å². The van der Waals surface area contributed by atoms with E-state index in [2.05, 4.69) is 45.1 Å². The van der Waals surface area contributed by atoms with Gasteiger partial charge in [-0.15, -0.1) is 0 Å². The summed E-state index contributed by atoms with van der Waals surface area (Å²) in [6, 6.07) is 4.43. The molecule has 2 unspecified atom stereocenters. The maximum absolute atomic E-state index is 9.43. The van der Waals surface area contributed by atoms with E-state index in [0.717, 1.165) is 35.5 Å². The lowest BCUT2D eigenvalue weighted by Gasteiger charge is -2.40. The van der Waals surface area contributed by atoms with Gasteiger partial charge in [0.05, 0.1) is 11.7 Å². The number of aliphatic hydroxyl groups excluding tert-OH is 1. The van der Waals surface area contributed by atoms with E-state index in [1.165, 1.54) is 24.0 Å². The molecule has 0 aromatic heterocycles. The lowest BCUT2D eigenvalue weighted by Crippen LogP contribution is -2.37. The number of hydrogen-bond acceptors (Lipinski definition) is 4. The van der Waals surface area contributed by atoms with Gasteiger partial charge in [-0.05, 0) is 89.1 Å². The van der Waals surface area contributed by atoms with Gasteiger partial charge in [0, 0.05) is 12.6 Å². The molecule has 0 spiro atoms. The summed E-state index contributed by atoms with van der Waals surface area (Å²) < 4.78 is 12.6. The Kier molecular flexibility index (Phi) is 5.64. The number of nitrogens with one attached hydrogen (secondary N) is 1. The van der Waals surface area contributed by atoms with E-state index in [0.29, 0.717) is 13.2 Å². The third-order valence-corrected chi connectivity index (χ3v) is 5.32. The molecule has 0 saturated heterocycles. The number of aryl methyl sites for hydroxylation is 1. The third kappa shape index (κ3) is 4.07. The van der Waals surface area contributed by atoms with E-state index < -0.39 is 0 Å². The first-order valence-corrected chi connectivity index (χ1v) is 9.88. The average molecular weight is 360 g/mol. The molecule has 0 bridgehead atoms. The largest absolute Gasteiger partial charge is 0.491 e. The first-order chi connectivity index (χ1) is 12.3. The number of hydrogen-bond donors (Lipinski definition) is 2. The molecule has 1 heterocycles. The van der Waals surface area contributed by atoms with Crippen LogP contribution in [0.15, 0.2) is 17.7 Å². The van der Waals surface area contributed by atoms with Crippen LogP contribution in [0.4, 0.5) is 0 Å². The number of rotatable bonds is 6. The van der Waals surface area contributed by atoms with Gasteiger partial charge in [0.1, 0.15) is 23.7 Å². The van der Waals surface area contributed by atoms with Crippen LogP contribution in [0.5, 0.6) is 11.5 Å². The summed E-state index contributed by atoms with van der Waals surface area (Å²) >= 11 is 0. The molecule has 0 radical (unpaired) electrons. The summed E-state index contributed by atoms with van der Waals surface area (Å²) in [7, 11) is 0. The van der Waals surface area contributed by atoms with Gasteiger partial charge in [0.25, 0.3) is 0 Å². The zero-order valence-electron chi connectivity index (χ0n) is 16.8. The molecule has 1 aromatic rings. The Morgan fingerprint density at radius 1 is 1.23 bits per heavy atom. The molecule has 3 rings (SSSR count). The number of allylic oxidation sites excluding steroid dienone is 1. The zero-order valence-corrected chi connectivity index (χ0v) is 16.8. The van der Waals surface area contributed by atoms with Crippen molar-refractivity contribution in [3.05, 3.63) is 28.8 Å². The van der Waals surface area contributed by atoms with Crippen LogP contribution >= 0.6 is 0 Å². The average Bonchev–Trinajstić information content (AvgIpc) is 2.57. The van der Waals surface area contributed by atoms with Crippen molar-refractivity contribution in [1.82, 2.24) is 5.32 Å². The number of ether oxygens (including phenoxy) is 2. The van der Waals surface area contributed by atoms with E-state index >= 15 is 0 Å². The first kappa shape index (κ1) is 19.2. The van der Waals surface area contributed by atoms with Crippen LogP contribution in [0.1, 0.15) is 64.5 Å². The molecular weight excluding hydrogens is 326 g/mol. The molecule has 2 aliphatic rings. The summed E-state index contributed by atoms with van der Waals surface area (Å²) in [5.74, 6) is 1.88. The predicted molar refractivity (Wildman–Crippen MR) is 106 cm³/mol. The summed E-state index contributed by atoms with van der Waals surface area (Å²) in [6.07, 6.45) is 4.33. The fourth-order valence-corrected chi connectivity index (χ4v) is 4.04. The van der Waals surface area contributed by atoms with Crippen LogP contribution in [0.25, 0.3) is 5.57 Å². The Bertz CT molecular complexity index is 691. The van der Waals surface area contributed by atoms with Crippen molar-refractivity contribution in [3.63, 3.8) is 0 Å². The van der Waals surface area contributed by atoms with E-state index in [1.54, 1.807) is 6.92 Å². The molecule has 4 heteroatoms. The van der Waals surface area contributed by atoms with Gasteiger partial charge in [-0.25, -0.2) is 0 Å². The highest BCUT2D eigenvalue weighted by Gasteiger charge is 2.37. The van der Waals surface area contributed by atoms with Crippen LogP contribution in [0.2, 0.25) is 0 Å². The predicted octanol–water partition coefficient (Wildman–Crippen LogP) is 4.23. The molecule has 0 amide bonds. The molecule has 0 saturated carbocycles. The van der Waals surface area contributed by atoms with Gasteiger partial charge in [-0.2, -0.15) is 0 Å². The Morgan fingerprint density at radius 2 is 1.96 bits per heavy atom. The smallest absolute Gasteiger partial charge is 0.132 e. The number of benzene rings is 1. The van der Waals surface area contributed by atoms with Crippen molar-refractivity contribution in [2.45, 2.75) is 78.0 Å². The summed E-state index contributed by atoms with van der Waals surface area (Å²) in [6.45, 7) is 11.5. The molecule has 144 valence electrons. The molecule has 1 aliphatic carbocycles. The molecule has 4 nitrogen and oxygen atoms in total. The van der Waals surface area contributed by atoms with Crippen molar-refractivity contribution >= 4 is 5.57 Å². The fraction of sp³-hybridized carbons (Fsp3) is 0.636. The minimum atomic E-state index is -0.352. The van der Waals surface area contributed by atoms with E-state index in [1.807, 2.05) is 0 Å². The van der Waals surface area contributed by atoms with Gasteiger partial charge < -0.3 is 19.9 Å². The van der Waals surface area contributed by atoms with E-state index in [-0.39, 0.29) is 17.7 Å². The van der Waals surface area contributed by atoms with Crippen LogP contribution in [0, 0.1) is 6.92 Å². The van der Waals surface area contributed by atoms with Gasteiger partial charge in [-0.3, -0.25) is 0 Å². The molecule has 0 fully saturated rings. The molecular formula is C22H33NO3. The summed E-state index contributed by atoms with van der Waals surface area (Å²) in [5, 5.41) is 12.7. The van der Waals surface area contributed by atoms with Gasteiger partial charge in [0.2, 0.25) is 0 Å². The van der Waals surface area contributed by atoms with Crippen molar-refractivity contribution in [1.29, 1.82) is 0 Å². The second-order valence-electron chi connectivity index (χ2n) is 8.38. The third-order valence-electron chi connectivity index (χ3n) is 5.32. The first-order valence-electron chi connectivity index (χ1n) is 9.88. The lowest BCUT2D eigenvalue weighted by atomic mass is 9.77. The SMILES string of the molecule is Cc1cc(OCC(C)NCC(C)O)c2c(c1)OC(C)(C)C1=C2CCCC1. The fourth-order valence-electron chi connectivity index (χ4n) is 4.04. The van der Waals surface area contributed by atoms with Crippen molar-refractivity contribution < 1.29 is 14.6 Å². The van der Waals surface area contributed by atoms with E-state index in [9.17, 15) is 5.11 Å². The van der Waals surface area contributed by atoms with Gasteiger partial charge in [0.15, 0.2) is 0 Å². The highest BCUT2D eigenvalue weighted by molar-refractivity contribution is 5.81.